The third-order valence-electron chi connectivity index (χ3n) is 4.11. The lowest BCUT2D eigenvalue weighted by Gasteiger charge is -2.10. The first-order valence-electron chi connectivity index (χ1n) is 8.21. The number of pyridine rings is 1. The first kappa shape index (κ1) is 15.8. The molecule has 0 bridgehead atoms. The van der Waals surface area contributed by atoms with E-state index < -0.39 is 0 Å². The van der Waals surface area contributed by atoms with Gasteiger partial charge in [-0.3, -0.25) is 4.79 Å². The van der Waals surface area contributed by atoms with Gasteiger partial charge >= 0.3 is 0 Å². The molecule has 0 saturated heterocycles. The molecule has 0 atom stereocenters. The van der Waals surface area contributed by atoms with Gasteiger partial charge in [0.2, 0.25) is 0 Å². The van der Waals surface area contributed by atoms with Crippen molar-refractivity contribution in [2.75, 3.05) is 12.3 Å². The topological polar surface area (TPSA) is 45.6 Å². The molecule has 0 saturated carbocycles. The van der Waals surface area contributed by atoms with Crippen molar-refractivity contribution in [2.45, 2.75) is 11.4 Å². The number of para-hydroxylation sites is 1. The zero-order valence-electron chi connectivity index (χ0n) is 13.6. The molecule has 1 aliphatic rings. The summed E-state index contributed by atoms with van der Waals surface area (Å²) < 4.78 is 0. The van der Waals surface area contributed by atoms with E-state index in [-0.39, 0.29) is 5.91 Å². The zero-order chi connectivity index (χ0) is 17.1. The van der Waals surface area contributed by atoms with E-state index in [1.165, 1.54) is 11.8 Å². The van der Waals surface area contributed by atoms with E-state index in [0.717, 1.165) is 33.6 Å². The van der Waals surface area contributed by atoms with E-state index in [2.05, 4.69) is 10.1 Å². The van der Waals surface area contributed by atoms with Crippen molar-refractivity contribution in [2.24, 2.45) is 5.10 Å². The van der Waals surface area contributed by atoms with E-state index in [0.29, 0.717) is 12.3 Å². The quantitative estimate of drug-likeness (QED) is 0.671. The third-order valence-corrected chi connectivity index (χ3v) is 5.03. The summed E-state index contributed by atoms with van der Waals surface area (Å²) in [5, 5.41) is 8.03. The molecular weight excluding hydrogens is 330 g/mol. The maximum absolute atomic E-state index is 12.4. The molecule has 2 aromatic carbocycles. The maximum atomic E-state index is 12.4. The van der Waals surface area contributed by atoms with Crippen molar-refractivity contribution < 1.29 is 4.79 Å². The normalized spacial score (nSPS) is 13.9. The van der Waals surface area contributed by atoms with Crippen molar-refractivity contribution in [1.82, 2.24) is 9.99 Å². The van der Waals surface area contributed by atoms with Gasteiger partial charge < -0.3 is 0 Å². The van der Waals surface area contributed by atoms with Crippen LogP contribution in [0.3, 0.4) is 0 Å². The number of hydrogen-bond acceptors (Lipinski definition) is 4. The molecule has 5 heteroatoms. The first-order chi connectivity index (χ1) is 12.3. The summed E-state index contributed by atoms with van der Waals surface area (Å²) in [5.74, 6) is 0.363. The van der Waals surface area contributed by atoms with Crippen LogP contribution in [0, 0.1) is 0 Å². The molecule has 0 fully saturated rings. The standard InChI is InChI=1S/C20H17N3OS/c24-20(23-13-12-18(22-23)15-6-2-1-3-7-15)14-25-19-11-10-16-8-4-5-9-17(16)21-19/h1-11H,12-14H2. The second kappa shape index (κ2) is 7.07. The number of carbonyl (C=O) groups is 1. The Morgan fingerprint density at radius 1 is 1.00 bits per heavy atom. The Kier molecular flexibility index (Phi) is 4.48. The molecule has 0 unspecified atom stereocenters. The lowest BCUT2D eigenvalue weighted by atomic mass is 10.1. The van der Waals surface area contributed by atoms with Crippen LogP contribution in [0.2, 0.25) is 0 Å². The molecule has 1 aromatic heterocycles. The molecule has 1 amide bonds. The highest BCUT2D eigenvalue weighted by Crippen LogP contribution is 2.21. The van der Waals surface area contributed by atoms with Gasteiger partial charge in [-0.05, 0) is 17.7 Å². The van der Waals surface area contributed by atoms with Gasteiger partial charge in [0, 0.05) is 11.8 Å². The van der Waals surface area contributed by atoms with Gasteiger partial charge in [0.05, 0.1) is 28.6 Å². The van der Waals surface area contributed by atoms with Gasteiger partial charge in [-0.25, -0.2) is 9.99 Å². The number of rotatable bonds is 4. The Labute approximate surface area is 150 Å². The average Bonchev–Trinajstić information content (AvgIpc) is 3.17. The number of hydrazone groups is 1. The van der Waals surface area contributed by atoms with Crippen molar-refractivity contribution in [3.05, 3.63) is 72.3 Å². The first-order valence-corrected chi connectivity index (χ1v) is 9.20. The molecule has 4 rings (SSSR count). The number of benzene rings is 2. The van der Waals surface area contributed by atoms with E-state index in [9.17, 15) is 4.79 Å². The van der Waals surface area contributed by atoms with E-state index in [1.807, 2.05) is 66.7 Å². The van der Waals surface area contributed by atoms with Crippen molar-refractivity contribution in [1.29, 1.82) is 0 Å². The van der Waals surface area contributed by atoms with Gasteiger partial charge in [-0.2, -0.15) is 5.10 Å². The Hall–Kier alpha value is -2.66. The predicted octanol–water partition coefficient (Wildman–Crippen LogP) is 3.96. The van der Waals surface area contributed by atoms with Crippen molar-refractivity contribution >= 4 is 34.3 Å². The minimum absolute atomic E-state index is 0.0193. The van der Waals surface area contributed by atoms with Crippen LogP contribution in [-0.4, -0.2) is 33.9 Å². The molecular formula is C20H17N3OS. The molecule has 0 radical (unpaired) electrons. The van der Waals surface area contributed by atoms with Gasteiger partial charge in [-0.15, -0.1) is 0 Å². The second-order valence-corrected chi connectivity index (χ2v) is 6.81. The molecule has 124 valence electrons. The molecule has 3 aromatic rings. The van der Waals surface area contributed by atoms with Crippen LogP contribution < -0.4 is 0 Å². The number of hydrogen-bond donors (Lipinski definition) is 0. The van der Waals surface area contributed by atoms with Crippen LogP contribution in [0.1, 0.15) is 12.0 Å². The molecule has 25 heavy (non-hydrogen) atoms. The van der Waals surface area contributed by atoms with Gasteiger partial charge in [-0.1, -0.05) is 66.4 Å². The minimum atomic E-state index is 0.0193. The van der Waals surface area contributed by atoms with E-state index in [4.69, 9.17) is 0 Å². The number of aromatic nitrogens is 1. The highest BCUT2D eigenvalue weighted by molar-refractivity contribution is 7.99. The van der Waals surface area contributed by atoms with Crippen molar-refractivity contribution in [3.63, 3.8) is 0 Å². The lowest BCUT2D eigenvalue weighted by Crippen LogP contribution is -2.25. The molecule has 2 heterocycles. The number of fused-ring (bicyclic) bond motifs is 1. The lowest BCUT2D eigenvalue weighted by molar-refractivity contribution is -0.127. The fourth-order valence-corrected chi connectivity index (χ4v) is 3.56. The number of thioether (sulfide) groups is 1. The summed E-state index contributed by atoms with van der Waals surface area (Å²) in [7, 11) is 0. The highest BCUT2D eigenvalue weighted by Gasteiger charge is 2.21. The Morgan fingerprint density at radius 3 is 2.68 bits per heavy atom. The van der Waals surface area contributed by atoms with Crippen LogP contribution in [0.25, 0.3) is 10.9 Å². The van der Waals surface area contributed by atoms with Crippen LogP contribution in [-0.2, 0) is 4.79 Å². The van der Waals surface area contributed by atoms with Crippen LogP contribution in [0.4, 0.5) is 0 Å². The maximum Gasteiger partial charge on any atom is 0.253 e. The van der Waals surface area contributed by atoms with Crippen molar-refractivity contribution in [3.8, 4) is 0 Å². The molecule has 4 nitrogen and oxygen atoms in total. The number of carbonyl (C=O) groups excluding carboxylic acids is 1. The Morgan fingerprint density at radius 2 is 1.80 bits per heavy atom. The number of amides is 1. The molecule has 0 spiro atoms. The van der Waals surface area contributed by atoms with E-state index in [1.54, 1.807) is 5.01 Å². The minimum Gasteiger partial charge on any atom is -0.272 e. The summed E-state index contributed by atoms with van der Waals surface area (Å²) in [4.78, 5) is 17.0. The SMILES string of the molecule is O=C(CSc1ccc2ccccc2n1)N1CCC(c2ccccc2)=N1. The largest absolute Gasteiger partial charge is 0.272 e. The molecule has 1 aliphatic heterocycles. The van der Waals surface area contributed by atoms with Crippen LogP contribution >= 0.6 is 11.8 Å². The van der Waals surface area contributed by atoms with Crippen LogP contribution in [0.5, 0.6) is 0 Å². The number of nitrogens with zero attached hydrogens (tertiary/aromatic N) is 3. The van der Waals surface area contributed by atoms with Crippen LogP contribution in [0.15, 0.2) is 76.9 Å². The monoisotopic (exact) mass is 347 g/mol. The third kappa shape index (κ3) is 3.56. The van der Waals surface area contributed by atoms with Gasteiger partial charge in [0.15, 0.2) is 0 Å². The van der Waals surface area contributed by atoms with E-state index >= 15 is 0 Å². The molecule has 0 N–H and O–H groups in total. The fraction of sp³-hybridized carbons (Fsp3) is 0.150. The second-order valence-electron chi connectivity index (χ2n) is 5.81. The Balaban J connectivity index is 1.41. The predicted molar refractivity (Wildman–Crippen MR) is 102 cm³/mol. The summed E-state index contributed by atoms with van der Waals surface area (Å²) in [6, 6.07) is 22.0. The molecule has 0 aliphatic carbocycles. The zero-order valence-corrected chi connectivity index (χ0v) is 14.4. The summed E-state index contributed by atoms with van der Waals surface area (Å²) in [6.45, 7) is 0.648. The van der Waals surface area contributed by atoms with Gasteiger partial charge in [0.1, 0.15) is 0 Å². The summed E-state index contributed by atoms with van der Waals surface area (Å²) in [6.07, 6.45) is 0.800. The fourth-order valence-electron chi connectivity index (χ4n) is 2.81. The smallest absolute Gasteiger partial charge is 0.253 e. The summed E-state index contributed by atoms with van der Waals surface area (Å²) >= 11 is 1.46. The average molecular weight is 347 g/mol. The highest BCUT2D eigenvalue weighted by atomic mass is 32.2. The Bertz CT molecular complexity index is 940. The summed E-state index contributed by atoms with van der Waals surface area (Å²) in [5.41, 5.74) is 3.01. The van der Waals surface area contributed by atoms with Gasteiger partial charge in [0.25, 0.3) is 5.91 Å².